The van der Waals surface area contributed by atoms with E-state index < -0.39 is 0 Å². The molecule has 0 radical (unpaired) electrons. The Bertz CT molecular complexity index is 898. The van der Waals surface area contributed by atoms with Crippen molar-refractivity contribution in [2.24, 2.45) is 0 Å². The molecule has 0 atom stereocenters. The van der Waals surface area contributed by atoms with Crippen LogP contribution in [-0.2, 0) is 13.1 Å². The second-order valence-corrected chi connectivity index (χ2v) is 7.77. The molecule has 0 saturated heterocycles. The molecule has 0 amide bonds. The molecule has 0 heterocycles. The van der Waals surface area contributed by atoms with Gasteiger partial charge in [0.2, 0.25) is 0 Å². The molecule has 0 aliphatic heterocycles. The number of rotatable bonds is 10. The van der Waals surface area contributed by atoms with Crippen LogP contribution in [0.25, 0.3) is 0 Å². The molecule has 4 nitrogen and oxygen atoms in total. The minimum absolute atomic E-state index is 0.0402. The molecule has 0 saturated carbocycles. The normalized spacial score (nSPS) is 11.1. The Balaban J connectivity index is 1.66. The SMILES string of the molecule is CC(C)Oc1ccc(C(=O)CCN(Cc2ccccc2)Cc2ccccc2)cc1N. The maximum absolute atomic E-state index is 12.8. The zero-order valence-electron chi connectivity index (χ0n) is 17.8. The van der Waals surface area contributed by atoms with Crippen molar-refractivity contribution >= 4 is 11.5 Å². The number of ketones is 1. The number of nitrogens with two attached hydrogens (primary N) is 1. The number of anilines is 1. The van der Waals surface area contributed by atoms with Gasteiger partial charge >= 0.3 is 0 Å². The van der Waals surface area contributed by atoms with Gasteiger partial charge in [0, 0.05) is 31.6 Å². The van der Waals surface area contributed by atoms with E-state index in [1.165, 1.54) is 11.1 Å². The molecule has 30 heavy (non-hydrogen) atoms. The molecule has 2 N–H and O–H groups in total. The molecule has 0 unspecified atom stereocenters. The smallest absolute Gasteiger partial charge is 0.164 e. The third kappa shape index (κ3) is 6.46. The number of nitrogen functional groups attached to an aromatic ring is 1. The molecule has 0 aromatic heterocycles. The maximum Gasteiger partial charge on any atom is 0.164 e. The van der Waals surface area contributed by atoms with Gasteiger partial charge < -0.3 is 10.5 Å². The van der Waals surface area contributed by atoms with Crippen molar-refractivity contribution in [2.45, 2.75) is 39.5 Å². The van der Waals surface area contributed by atoms with Gasteiger partial charge in [-0.05, 0) is 43.2 Å². The topological polar surface area (TPSA) is 55.6 Å². The average molecular weight is 403 g/mol. The zero-order valence-corrected chi connectivity index (χ0v) is 17.8. The summed E-state index contributed by atoms with van der Waals surface area (Å²) < 4.78 is 5.67. The van der Waals surface area contributed by atoms with Crippen molar-refractivity contribution in [3.05, 3.63) is 95.6 Å². The third-order valence-corrected chi connectivity index (χ3v) is 4.85. The van der Waals surface area contributed by atoms with Crippen LogP contribution in [-0.4, -0.2) is 23.3 Å². The molecule has 0 fully saturated rings. The summed E-state index contributed by atoms with van der Waals surface area (Å²) in [6.07, 6.45) is 0.474. The minimum Gasteiger partial charge on any atom is -0.489 e. The summed E-state index contributed by atoms with van der Waals surface area (Å²) in [6.45, 7) is 6.17. The standard InChI is InChI=1S/C26H30N2O2/c1-20(2)30-26-14-13-23(17-24(26)27)25(29)15-16-28(18-21-9-5-3-6-10-21)19-22-11-7-4-8-12-22/h3-14,17,20H,15-16,18-19,27H2,1-2H3. The second-order valence-electron chi connectivity index (χ2n) is 7.77. The highest BCUT2D eigenvalue weighted by molar-refractivity contribution is 5.97. The highest BCUT2D eigenvalue weighted by Gasteiger charge is 2.13. The molecule has 0 bridgehead atoms. The number of hydrogen-bond acceptors (Lipinski definition) is 4. The first kappa shape index (κ1) is 21.6. The summed E-state index contributed by atoms with van der Waals surface area (Å²) in [6, 6.07) is 26.0. The van der Waals surface area contributed by atoms with Crippen molar-refractivity contribution in [1.82, 2.24) is 4.90 Å². The first-order valence-electron chi connectivity index (χ1n) is 10.4. The highest BCUT2D eigenvalue weighted by atomic mass is 16.5. The summed E-state index contributed by atoms with van der Waals surface area (Å²) in [5.41, 5.74) is 9.68. The Morgan fingerprint density at radius 1 is 0.900 bits per heavy atom. The Morgan fingerprint density at radius 3 is 1.97 bits per heavy atom. The first-order valence-corrected chi connectivity index (χ1v) is 10.4. The van der Waals surface area contributed by atoms with Crippen LogP contribution in [0.1, 0.15) is 41.8 Å². The number of nitrogens with zero attached hydrogens (tertiary/aromatic N) is 1. The molecule has 0 aliphatic carbocycles. The molecule has 0 spiro atoms. The molecule has 3 aromatic rings. The van der Waals surface area contributed by atoms with E-state index in [2.05, 4.69) is 29.2 Å². The van der Waals surface area contributed by atoms with Gasteiger partial charge in [-0.3, -0.25) is 9.69 Å². The Morgan fingerprint density at radius 2 is 1.47 bits per heavy atom. The predicted octanol–water partition coefficient (Wildman–Crippen LogP) is 5.33. The molecule has 0 aliphatic rings. The Labute approximate surface area is 179 Å². The van der Waals surface area contributed by atoms with Crippen LogP contribution < -0.4 is 10.5 Å². The fourth-order valence-electron chi connectivity index (χ4n) is 3.38. The lowest BCUT2D eigenvalue weighted by Crippen LogP contribution is -2.25. The predicted molar refractivity (Wildman–Crippen MR) is 123 cm³/mol. The summed E-state index contributed by atoms with van der Waals surface area (Å²) in [5, 5.41) is 0. The van der Waals surface area contributed by atoms with E-state index in [0.717, 1.165) is 13.1 Å². The lowest BCUT2D eigenvalue weighted by molar-refractivity contribution is 0.0960. The quantitative estimate of drug-likeness (QED) is 0.368. The van der Waals surface area contributed by atoms with Crippen molar-refractivity contribution in [1.29, 1.82) is 0 Å². The van der Waals surface area contributed by atoms with Gasteiger partial charge in [-0.2, -0.15) is 0 Å². The number of carbonyl (C=O) groups excluding carboxylic acids is 1. The van der Waals surface area contributed by atoms with Gasteiger partial charge in [0.15, 0.2) is 5.78 Å². The van der Waals surface area contributed by atoms with E-state index >= 15 is 0 Å². The van der Waals surface area contributed by atoms with Crippen molar-refractivity contribution in [3.63, 3.8) is 0 Å². The zero-order chi connectivity index (χ0) is 21.3. The summed E-state index contributed by atoms with van der Waals surface area (Å²) in [4.78, 5) is 15.1. The van der Waals surface area contributed by atoms with E-state index in [4.69, 9.17) is 10.5 Å². The van der Waals surface area contributed by atoms with E-state index in [0.29, 0.717) is 30.0 Å². The average Bonchev–Trinajstić information content (AvgIpc) is 2.74. The Hall–Kier alpha value is -3.11. The number of carbonyl (C=O) groups is 1. The van der Waals surface area contributed by atoms with Crippen LogP contribution >= 0.6 is 0 Å². The lowest BCUT2D eigenvalue weighted by Gasteiger charge is -2.22. The lowest BCUT2D eigenvalue weighted by atomic mass is 10.1. The van der Waals surface area contributed by atoms with E-state index in [-0.39, 0.29) is 11.9 Å². The van der Waals surface area contributed by atoms with Gasteiger partial charge in [0.25, 0.3) is 0 Å². The van der Waals surface area contributed by atoms with Crippen LogP contribution in [0.15, 0.2) is 78.9 Å². The fraction of sp³-hybridized carbons (Fsp3) is 0.269. The van der Waals surface area contributed by atoms with Gasteiger partial charge in [-0.25, -0.2) is 0 Å². The van der Waals surface area contributed by atoms with E-state index in [9.17, 15) is 4.79 Å². The van der Waals surface area contributed by atoms with Crippen molar-refractivity contribution in [3.8, 4) is 5.75 Å². The summed E-state index contributed by atoms with van der Waals surface area (Å²) >= 11 is 0. The van der Waals surface area contributed by atoms with Crippen LogP contribution in [0.3, 0.4) is 0 Å². The molecule has 4 heteroatoms. The highest BCUT2D eigenvalue weighted by Crippen LogP contribution is 2.24. The second kappa shape index (κ2) is 10.6. The van der Waals surface area contributed by atoms with E-state index in [1.807, 2.05) is 50.2 Å². The van der Waals surface area contributed by atoms with Gasteiger partial charge in [-0.1, -0.05) is 60.7 Å². The number of Topliss-reactive ketones (excluding diaryl/α,β-unsaturated/α-hetero) is 1. The first-order chi connectivity index (χ1) is 14.5. The van der Waals surface area contributed by atoms with Gasteiger partial charge in [0.1, 0.15) is 5.75 Å². The van der Waals surface area contributed by atoms with Crippen LogP contribution in [0.5, 0.6) is 5.75 Å². The summed E-state index contributed by atoms with van der Waals surface area (Å²) in [7, 11) is 0. The van der Waals surface area contributed by atoms with Crippen molar-refractivity contribution < 1.29 is 9.53 Å². The summed E-state index contributed by atoms with van der Waals surface area (Å²) in [5.74, 6) is 0.709. The number of hydrogen-bond donors (Lipinski definition) is 1. The monoisotopic (exact) mass is 402 g/mol. The maximum atomic E-state index is 12.8. The largest absolute Gasteiger partial charge is 0.489 e. The third-order valence-electron chi connectivity index (χ3n) is 4.85. The molecule has 3 aromatic carbocycles. The molecule has 3 rings (SSSR count). The minimum atomic E-state index is 0.0402. The van der Waals surface area contributed by atoms with Gasteiger partial charge in [0.05, 0.1) is 11.8 Å². The fourth-order valence-corrected chi connectivity index (χ4v) is 3.38. The molecular formula is C26H30N2O2. The van der Waals surface area contributed by atoms with Crippen LogP contribution in [0.2, 0.25) is 0 Å². The number of benzene rings is 3. The number of ether oxygens (including phenoxy) is 1. The molecular weight excluding hydrogens is 372 g/mol. The van der Waals surface area contributed by atoms with Gasteiger partial charge in [-0.15, -0.1) is 0 Å². The van der Waals surface area contributed by atoms with E-state index in [1.54, 1.807) is 18.2 Å². The van der Waals surface area contributed by atoms with Crippen molar-refractivity contribution in [2.75, 3.05) is 12.3 Å². The van der Waals surface area contributed by atoms with Crippen LogP contribution in [0.4, 0.5) is 5.69 Å². The van der Waals surface area contributed by atoms with Crippen LogP contribution in [0, 0.1) is 0 Å². The molecule has 156 valence electrons. The Kier molecular flexibility index (Phi) is 7.63.